The molecule has 1 aromatic carbocycles. The maximum absolute atomic E-state index is 5.62. The standard InChI is InChI=1S/C21H31N5O.HI/c1-17-6-8-18(9-7-17)20-25-19(16-27-20)10-11-23-21(22-2)24-12-15-26-13-4-3-5-14-26;/h6-9,16H,3-5,10-15H2,1-2H3,(H2,22,23,24);1H. The summed E-state index contributed by atoms with van der Waals surface area (Å²) in [5, 5.41) is 6.74. The first-order chi connectivity index (χ1) is 13.2. The highest BCUT2D eigenvalue weighted by molar-refractivity contribution is 14.0. The molecule has 1 saturated heterocycles. The summed E-state index contributed by atoms with van der Waals surface area (Å²) in [6.45, 7) is 7.28. The monoisotopic (exact) mass is 497 g/mol. The van der Waals surface area contributed by atoms with Gasteiger partial charge in [-0.3, -0.25) is 4.99 Å². The van der Waals surface area contributed by atoms with Crippen LogP contribution >= 0.6 is 24.0 Å². The Hall–Kier alpha value is -1.61. The molecule has 6 nitrogen and oxygen atoms in total. The molecule has 1 aromatic heterocycles. The normalized spacial score (nSPS) is 15.1. The first-order valence-corrected chi connectivity index (χ1v) is 9.93. The highest BCUT2D eigenvalue weighted by Crippen LogP contribution is 2.19. The molecule has 0 saturated carbocycles. The molecule has 1 aliphatic rings. The molecule has 0 radical (unpaired) electrons. The third kappa shape index (κ3) is 7.09. The molecule has 2 heterocycles. The van der Waals surface area contributed by atoms with E-state index in [4.69, 9.17) is 4.42 Å². The van der Waals surface area contributed by atoms with Crippen molar-refractivity contribution in [2.24, 2.45) is 4.99 Å². The molecule has 0 amide bonds. The van der Waals surface area contributed by atoms with Crippen molar-refractivity contribution in [1.29, 1.82) is 0 Å². The van der Waals surface area contributed by atoms with Gasteiger partial charge in [-0.25, -0.2) is 4.98 Å². The van der Waals surface area contributed by atoms with Gasteiger partial charge in [-0.2, -0.15) is 0 Å². The van der Waals surface area contributed by atoms with Crippen LogP contribution in [-0.4, -0.2) is 55.6 Å². The van der Waals surface area contributed by atoms with E-state index in [2.05, 4.69) is 44.6 Å². The molecule has 2 N–H and O–H groups in total. The summed E-state index contributed by atoms with van der Waals surface area (Å²) in [5.41, 5.74) is 3.19. The molecule has 0 spiro atoms. The highest BCUT2D eigenvalue weighted by Gasteiger charge is 2.10. The number of guanidine groups is 1. The van der Waals surface area contributed by atoms with Gasteiger partial charge in [0.05, 0.1) is 5.69 Å². The zero-order valence-electron chi connectivity index (χ0n) is 16.9. The molecule has 0 bridgehead atoms. The molecule has 1 fully saturated rings. The maximum atomic E-state index is 5.62. The summed E-state index contributed by atoms with van der Waals surface area (Å²) < 4.78 is 5.62. The molecule has 0 atom stereocenters. The number of halogens is 1. The van der Waals surface area contributed by atoms with Crippen molar-refractivity contribution in [3.05, 3.63) is 41.8 Å². The number of nitrogens with one attached hydrogen (secondary N) is 2. The summed E-state index contributed by atoms with van der Waals surface area (Å²) >= 11 is 0. The van der Waals surface area contributed by atoms with Crippen LogP contribution in [0.4, 0.5) is 0 Å². The van der Waals surface area contributed by atoms with Gasteiger partial charge in [-0.05, 0) is 45.0 Å². The third-order valence-electron chi connectivity index (χ3n) is 4.92. The largest absolute Gasteiger partial charge is 0.444 e. The van der Waals surface area contributed by atoms with Crippen LogP contribution in [0.5, 0.6) is 0 Å². The fraction of sp³-hybridized carbons (Fsp3) is 0.524. The van der Waals surface area contributed by atoms with Gasteiger partial charge in [-0.1, -0.05) is 24.1 Å². The van der Waals surface area contributed by atoms with E-state index >= 15 is 0 Å². The van der Waals surface area contributed by atoms with Crippen LogP contribution in [0.1, 0.15) is 30.5 Å². The van der Waals surface area contributed by atoms with E-state index in [0.717, 1.165) is 43.3 Å². The highest BCUT2D eigenvalue weighted by atomic mass is 127. The number of oxazole rings is 1. The van der Waals surface area contributed by atoms with E-state index in [1.165, 1.54) is 37.9 Å². The number of likely N-dealkylation sites (tertiary alicyclic amines) is 1. The lowest BCUT2D eigenvalue weighted by Gasteiger charge is -2.26. The second-order valence-electron chi connectivity index (χ2n) is 7.09. The Bertz CT molecular complexity index is 723. The van der Waals surface area contributed by atoms with Gasteiger partial charge in [0.15, 0.2) is 5.96 Å². The number of aryl methyl sites for hydroxylation is 1. The van der Waals surface area contributed by atoms with Crippen LogP contribution < -0.4 is 10.6 Å². The Morgan fingerprint density at radius 3 is 2.54 bits per heavy atom. The van der Waals surface area contributed by atoms with Crippen molar-refractivity contribution in [2.45, 2.75) is 32.6 Å². The quantitative estimate of drug-likeness (QED) is 0.349. The van der Waals surface area contributed by atoms with Gasteiger partial charge in [0.2, 0.25) is 5.89 Å². The van der Waals surface area contributed by atoms with Crippen molar-refractivity contribution in [2.75, 3.05) is 39.8 Å². The van der Waals surface area contributed by atoms with Gasteiger partial charge in [0, 0.05) is 38.7 Å². The van der Waals surface area contributed by atoms with Crippen LogP contribution in [0.3, 0.4) is 0 Å². The first-order valence-electron chi connectivity index (χ1n) is 9.93. The maximum Gasteiger partial charge on any atom is 0.226 e. The molecule has 0 aliphatic carbocycles. The van der Waals surface area contributed by atoms with Gasteiger partial charge in [0.25, 0.3) is 0 Å². The SMILES string of the molecule is CN=C(NCCc1coc(-c2ccc(C)cc2)n1)NCCN1CCCCC1.I. The molecule has 0 unspecified atom stereocenters. The fourth-order valence-electron chi connectivity index (χ4n) is 3.30. The number of nitrogens with zero attached hydrogens (tertiary/aromatic N) is 3. The van der Waals surface area contributed by atoms with E-state index in [0.29, 0.717) is 5.89 Å². The lowest BCUT2D eigenvalue weighted by atomic mass is 10.1. The Morgan fingerprint density at radius 1 is 1.11 bits per heavy atom. The van der Waals surface area contributed by atoms with E-state index in [9.17, 15) is 0 Å². The van der Waals surface area contributed by atoms with Crippen molar-refractivity contribution >= 4 is 29.9 Å². The lowest BCUT2D eigenvalue weighted by Crippen LogP contribution is -2.43. The van der Waals surface area contributed by atoms with Crippen LogP contribution in [-0.2, 0) is 6.42 Å². The van der Waals surface area contributed by atoms with Crippen LogP contribution in [0, 0.1) is 6.92 Å². The minimum atomic E-state index is 0. The number of benzene rings is 1. The average Bonchev–Trinajstić information content (AvgIpc) is 3.17. The molecule has 7 heteroatoms. The topological polar surface area (TPSA) is 65.7 Å². The van der Waals surface area contributed by atoms with Crippen molar-refractivity contribution in [3.63, 3.8) is 0 Å². The van der Waals surface area contributed by atoms with E-state index in [1.807, 2.05) is 19.2 Å². The van der Waals surface area contributed by atoms with E-state index in [-0.39, 0.29) is 24.0 Å². The number of hydrogen-bond donors (Lipinski definition) is 2. The second-order valence-corrected chi connectivity index (χ2v) is 7.09. The lowest BCUT2D eigenvalue weighted by molar-refractivity contribution is 0.232. The van der Waals surface area contributed by atoms with Gasteiger partial charge in [0.1, 0.15) is 6.26 Å². The summed E-state index contributed by atoms with van der Waals surface area (Å²) in [6, 6.07) is 8.22. The second kappa shape index (κ2) is 12.1. The summed E-state index contributed by atoms with van der Waals surface area (Å²) in [5.74, 6) is 1.52. The van der Waals surface area contributed by atoms with Gasteiger partial charge >= 0.3 is 0 Å². The first kappa shape index (κ1) is 22.7. The van der Waals surface area contributed by atoms with Crippen LogP contribution in [0.2, 0.25) is 0 Å². The fourth-order valence-corrected chi connectivity index (χ4v) is 3.30. The number of aromatic nitrogens is 1. The number of piperidine rings is 1. The van der Waals surface area contributed by atoms with Crippen molar-refractivity contribution in [3.8, 4) is 11.5 Å². The Kier molecular flexibility index (Phi) is 9.77. The minimum Gasteiger partial charge on any atom is -0.444 e. The predicted molar refractivity (Wildman–Crippen MR) is 125 cm³/mol. The van der Waals surface area contributed by atoms with Crippen LogP contribution in [0.25, 0.3) is 11.5 Å². The Balaban J connectivity index is 0.00000280. The molecule has 3 rings (SSSR count). The number of hydrogen-bond acceptors (Lipinski definition) is 4. The number of aliphatic imine (C=N–C) groups is 1. The van der Waals surface area contributed by atoms with Crippen molar-refractivity contribution in [1.82, 2.24) is 20.5 Å². The third-order valence-corrected chi connectivity index (χ3v) is 4.92. The molecule has 1 aliphatic heterocycles. The Labute approximate surface area is 185 Å². The van der Waals surface area contributed by atoms with Crippen molar-refractivity contribution < 1.29 is 4.42 Å². The number of rotatable bonds is 7. The van der Waals surface area contributed by atoms with Crippen LogP contribution in [0.15, 0.2) is 39.9 Å². The van der Waals surface area contributed by atoms with Gasteiger partial charge < -0.3 is 20.0 Å². The molecule has 2 aromatic rings. The zero-order chi connectivity index (χ0) is 18.9. The van der Waals surface area contributed by atoms with Gasteiger partial charge in [-0.15, -0.1) is 24.0 Å². The zero-order valence-corrected chi connectivity index (χ0v) is 19.2. The van der Waals surface area contributed by atoms with E-state index < -0.39 is 0 Å². The summed E-state index contributed by atoms with van der Waals surface area (Å²) in [4.78, 5) is 11.4. The Morgan fingerprint density at radius 2 is 1.82 bits per heavy atom. The smallest absolute Gasteiger partial charge is 0.226 e. The predicted octanol–water partition coefficient (Wildman–Crippen LogP) is 3.46. The summed E-state index contributed by atoms with van der Waals surface area (Å²) in [7, 11) is 1.81. The average molecular weight is 497 g/mol. The molecule has 28 heavy (non-hydrogen) atoms. The molecular formula is C21H32IN5O. The minimum absolute atomic E-state index is 0. The molecular weight excluding hydrogens is 465 g/mol. The van der Waals surface area contributed by atoms with E-state index in [1.54, 1.807) is 6.26 Å². The molecule has 154 valence electrons. The summed E-state index contributed by atoms with van der Waals surface area (Å²) in [6.07, 6.45) is 6.57.